The first-order valence-corrected chi connectivity index (χ1v) is 7.25. The molecule has 0 saturated carbocycles. The summed E-state index contributed by atoms with van der Waals surface area (Å²) in [7, 11) is 0. The minimum Gasteiger partial charge on any atom is -0.359 e. The molecule has 0 aliphatic carbocycles. The van der Waals surface area contributed by atoms with E-state index >= 15 is 0 Å². The Bertz CT molecular complexity index is 512. The molecule has 1 saturated heterocycles. The van der Waals surface area contributed by atoms with Gasteiger partial charge in [-0.1, -0.05) is 19.0 Å². The summed E-state index contributed by atoms with van der Waals surface area (Å²) in [6.45, 7) is 5.44. The van der Waals surface area contributed by atoms with Gasteiger partial charge in [-0.15, -0.1) is 0 Å². The van der Waals surface area contributed by atoms with Crippen LogP contribution < -0.4 is 11.3 Å². The van der Waals surface area contributed by atoms with Gasteiger partial charge >= 0.3 is 0 Å². The van der Waals surface area contributed by atoms with E-state index in [9.17, 15) is 9.59 Å². The van der Waals surface area contributed by atoms with Gasteiger partial charge in [-0.05, 0) is 24.7 Å². The zero-order chi connectivity index (χ0) is 15.4. The van der Waals surface area contributed by atoms with E-state index in [1.807, 2.05) is 5.43 Å². The normalized spacial score (nSPS) is 19.7. The van der Waals surface area contributed by atoms with Crippen molar-refractivity contribution in [3.8, 4) is 0 Å². The minimum absolute atomic E-state index is 0.120. The molecule has 21 heavy (non-hydrogen) atoms. The van der Waals surface area contributed by atoms with Crippen molar-refractivity contribution in [1.29, 1.82) is 0 Å². The van der Waals surface area contributed by atoms with Gasteiger partial charge in [-0.25, -0.2) is 5.84 Å². The number of carbonyl (C=O) groups excluding carboxylic acids is 2. The van der Waals surface area contributed by atoms with Gasteiger partial charge in [-0.3, -0.25) is 15.0 Å². The van der Waals surface area contributed by atoms with Crippen molar-refractivity contribution in [1.82, 2.24) is 15.5 Å². The molecule has 2 heterocycles. The van der Waals surface area contributed by atoms with E-state index in [1.54, 1.807) is 4.90 Å². The molecule has 7 nitrogen and oxygen atoms in total. The van der Waals surface area contributed by atoms with Crippen LogP contribution >= 0.6 is 0 Å². The largest absolute Gasteiger partial charge is 0.359 e. The molecule has 1 aliphatic heterocycles. The molecule has 1 aliphatic rings. The van der Waals surface area contributed by atoms with Crippen LogP contribution in [0, 0.1) is 11.8 Å². The van der Waals surface area contributed by atoms with Crippen molar-refractivity contribution in [3.63, 3.8) is 0 Å². The van der Waals surface area contributed by atoms with E-state index in [-0.39, 0.29) is 11.6 Å². The molecule has 0 aromatic carbocycles. The molecule has 0 bridgehead atoms. The third-order valence-electron chi connectivity index (χ3n) is 4.06. The van der Waals surface area contributed by atoms with Crippen LogP contribution in [-0.2, 0) is 11.3 Å². The van der Waals surface area contributed by atoms with Crippen LogP contribution in [0.1, 0.15) is 49.4 Å². The summed E-state index contributed by atoms with van der Waals surface area (Å²) < 4.78 is 5.09. The van der Waals surface area contributed by atoms with Gasteiger partial charge in [0, 0.05) is 19.0 Å². The number of nitrogens with two attached hydrogens (primary N) is 1. The predicted octanol–water partition coefficient (Wildman–Crippen LogP) is 1.06. The maximum absolute atomic E-state index is 12.1. The highest BCUT2D eigenvalue weighted by molar-refractivity contribution is 5.91. The number of hydrogen-bond donors (Lipinski definition) is 2. The number of nitrogens with one attached hydrogen (secondary N) is 1. The predicted molar refractivity (Wildman–Crippen MR) is 75.8 cm³/mol. The fourth-order valence-corrected chi connectivity index (χ4v) is 2.65. The summed E-state index contributed by atoms with van der Waals surface area (Å²) in [5.74, 6) is 6.31. The topological polar surface area (TPSA) is 101 Å². The summed E-state index contributed by atoms with van der Waals surface area (Å²) in [4.78, 5) is 25.2. The van der Waals surface area contributed by atoms with Crippen LogP contribution in [0.3, 0.4) is 0 Å². The van der Waals surface area contributed by atoms with Crippen LogP contribution in [0.5, 0.6) is 0 Å². The smallest absolute Gasteiger partial charge is 0.287 e. The Morgan fingerprint density at radius 1 is 1.57 bits per heavy atom. The lowest BCUT2D eigenvalue weighted by molar-refractivity contribution is -0.131. The van der Waals surface area contributed by atoms with Gasteiger partial charge in [-0.2, -0.15) is 0 Å². The molecule has 1 aromatic rings. The number of carbonyl (C=O) groups is 2. The highest BCUT2D eigenvalue weighted by Crippen LogP contribution is 2.26. The van der Waals surface area contributed by atoms with E-state index in [2.05, 4.69) is 19.0 Å². The fraction of sp³-hybridized carbons (Fsp3) is 0.643. The zero-order valence-electron chi connectivity index (χ0n) is 12.5. The van der Waals surface area contributed by atoms with Gasteiger partial charge in [0.1, 0.15) is 0 Å². The Hall–Kier alpha value is -1.89. The van der Waals surface area contributed by atoms with Crippen molar-refractivity contribution in [2.24, 2.45) is 17.7 Å². The fourth-order valence-electron chi connectivity index (χ4n) is 2.65. The molecular formula is C14H22N4O3. The van der Waals surface area contributed by atoms with Crippen LogP contribution in [-0.4, -0.2) is 28.4 Å². The Morgan fingerprint density at radius 3 is 3.00 bits per heavy atom. The van der Waals surface area contributed by atoms with Crippen LogP contribution in [0.25, 0.3) is 0 Å². The highest BCUT2D eigenvalue weighted by atomic mass is 16.5. The zero-order valence-corrected chi connectivity index (χ0v) is 12.5. The minimum atomic E-state index is -0.507. The molecule has 1 unspecified atom stereocenters. The third kappa shape index (κ3) is 3.81. The van der Waals surface area contributed by atoms with Crippen LogP contribution in [0.15, 0.2) is 10.6 Å². The molecule has 2 rings (SSSR count). The molecule has 0 radical (unpaired) electrons. The third-order valence-corrected chi connectivity index (χ3v) is 4.06. The molecule has 1 fully saturated rings. The Balaban J connectivity index is 2.00. The molecule has 1 atom stereocenters. The Labute approximate surface area is 123 Å². The first-order chi connectivity index (χ1) is 10.0. The lowest BCUT2D eigenvalue weighted by atomic mass is 9.89. The first kappa shape index (κ1) is 15.5. The second-order valence-corrected chi connectivity index (χ2v) is 5.80. The van der Waals surface area contributed by atoms with E-state index in [0.717, 1.165) is 12.8 Å². The molecule has 116 valence electrons. The van der Waals surface area contributed by atoms with Gasteiger partial charge in [0.25, 0.3) is 5.91 Å². The maximum atomic E-state index is 12.1. The summed E-state index contributed by atoms with van der Waals surface area (Å²) >= 11 is 0. The quantitative estimate of drug-likeness (QED) is 0.491. The number of aromatic nitrogens is 1. The molecular weight excluding hydrogens is 272 g/mol. The number of rotatable bonds is 4. The number of likely N-dealkylation sites (tertiary alicyclic amines) is 1. The monoisotopic (exact) mass is 294 g/mol. The number of amides is 2. The van der Waals surface area contributed by atoms with E-state index < -0.39 is 5.91 Å². The van der Waals surface area contributed by atoms with E-state index in [4.69, 9.17) is 10.4 Å². The average Bonchev–Trinajstić information content (AvgIpc) is 2.84. The van der Waals surface area contributed by atoms with Crippen molar-refractivity contribution >= 4 is 11.8 Å². The van der Waals surface area contributed by atoms with Crippen molar-refractivity contribution in [2.45, 2.75) is 39.7 Å². The SMILES string of the molecule is CC(C)C1CCC(=O)N(Cc2cc(C(=O)NN)no2)CC1. The molecule has 2 amide bonds. The Morgan fingerprint density at radius 2 is 2.33 bits per heavy atom. The highest BCUT2D eigenvalue weighted by Gasteiger charge is 2.25. The van der Waals surface area contributed by atoms with E-state index in [0.29, 0.717) is 37.1 Å². The lowest BCUT2D eigenvalue weighted by Crippen LogP contribution is -2.30. The number of hydrazine groups is 1. The first-order valence-electron chi connectivity index (χ1n) is 7.25. The van der Waals surface area contributed by atoms with Crippen molar-refractivity contribution in [3.05, 3.63) is 17.5 Å². The van der Waals surface area contributed by atoms with Gasteiger partial charge in [0.05, 0.1) is 6.54 Å². The summed E-state index contributed by atoms with van der Waals surface area (Å²) in [5.41, 5.74) is 2.11. The van der Waals surface area contributed by atoms with Crippen LogP contribution in [0.4, 0.5) is 0 Å². The second kappa shape index (κ2) is 6.71. The molecule has 3 N–H and O–H groups in total. The Kier molecular flexibility index (Phi) is 4.95. The van der Waals surface area contributed by atoms with Gasteiger partial charge in [0.15, 0.2) is 11.5 Å². The standard InChI is InChI=1S/C14H22N4O3/c1-9(2)10-3-4-13(19)18(6-5-10)8-11-7-12(17-21-11)14(20)16-15/h7,9-10H,3-6,8,15H2,1-2H3,(H,16,20). The summed E-state index contributed by atoms with van der Waals surface area (Å²) in [6, 6.07) is 1.51. The van der Waals surface area contributed by atoms with E-state index in [1.165, 1.54) is 6.07 Å². The number of nitrogens with zero attached hydrogens (tertiary/aromatic N) is 2. The molecule has 0 spiro atoms. The molecule has 7 heteroatoms. The van der Waals surface area contributed by atoms with Crippen molar-refractivity contribution < 1.29 is 14.1 Å². The van der Waals surface area contributed by atoms with Gasteiger partial charge in [0.2, 0.25) is 5.91 Å². The summed E-state index contributed by atoms with van der Waals surface area (Å²) in [5, 5.41) is 3.64. The second-order valence-electron chi connectivity index (χ2n) is 5.80. The van der Waals surface area contributed by atoms with Crippen molar-refractivity contribution in [2.75, 3.05) is 6.54 Å². The lowest BCUT2D eigenvalue weighted by Gasteiger charge is -2.20. The molecule has 1 aromatic heterocycles. The number of nitrogen functional groups attached to an aromatic ring is 1. The maximum Gasteiger partial charge on any atom is 0.287 e. The summed E-state index contributed by atoms with van der Waals surface area (Å²) in [6.07, 6.45) is 2.49. The van der Waals surface area contributed by atoms with Gasteiger partial charge < -0.3 is 9.42 Å². The van der Waals surface area contributed by atoms with Crippen LogP contribution in [0.2, 0.25) is 0 Å². The average molecular weight is 294 g/mol. The number of hydrogen-bond acceptors (Lipinski definition) is 5.